The van der Waals surface area contributed by atoms with Crippen molar-refractivity contribution in [2.45, 2.75) is 13.0 Å². The van der Waals surface area contributed by atoms with Gasteiger partial charge in [-0.1, -0.05) is 18.2 Å². The Kier molecular flexibility index (Phi) is 6.00. The predicted octanol–water partition coefficient (Wildman–Crippen LogP) is 2.91. The second-order valence-electron chi connectivity index (χ2n) is 5.38. The molecule has 6 heteroatoms. The molecule has 0 aliphatic rings. The second kappa shape index (κ2) is 8.19. The van der Waals surface area contributed by atoms with Gasteiger partial charge < -0.3 is 19.1 Å². The third kappa shape index (κ3) is 4.50. The molecule has 0 spiro atoms. The smallest absolute Gasteiger partial charge is 0.339 e. The Hall–Kier alpha value is -3.02. The Bertz CT molecular complexity index is 722. The van der Waals surface area contributed by atoms with Crippen molar-refractivity contribution in [3.63, 3.8) is 0 Å². The maximum absolute atomic E-state index is 12.5. The highest BCUT2D eigenvalue weighted by Gasteiger charge is 2.23. The van der Waals surface area contributed by atoms with E-state index >= 15 is 0 Å². The molecule has 0 saturated heterocycles. The topological polar surface area (TPSA) is 65.1 Å². The monoisotopic (exact) mass is 343 g/mol. The van der Waals surface area contributed by atoms with Crippen molar-refractivity contribution in [2.24, 2.45) is 0 Å². The van der Waals surface area contributed by atoms with Crippen LogP contribution in [0.2, 0.25) is 0 Å². The number of para-hydroxylation sites is 1. The Labute approximate surface area is 146 Å². The third-order valence-electron chi connectivity index (χ3n) is 3.69. The summed E-state index contributed by atoms with van der Waals surface area (Å²) in [5.41, 5.74) is 0.969. The lowest BCUT2D eigenvalue weighted by Crippen LogP contribution is -2.37. The minimum absolute atomic E-state index is 0.248. The normalized spacial score (nSPS) is 11.4. The quantitative estimate of drug-likeness (QED) is 0.755. The number of nitrogens with zero attached hydrogens (tertiary/aromatic N) is 1. The zero-order valence-corrected chi connectivity index (χ0v) is 14.7. The van der Waals surface area contributed by atoms with Crippen LogP contribution in [0.3, 0.4) is 0 Å². The van der Waals surface area contributed by atoms with Crippen molar-refractivity contribution in [1.82, 2.24) is 0 Å². The van der Waals surface area contributed by atoms with Gasteiger partial charge in [-0.2, -0.15) is 0 Å². The predicted molar refractivity (Wildman–Crippen MR) is 94.3 cm³/mol. The number of rotatable bonds is 6. The SMILES string of the molecule is COc1cc(OC)cc(C(=O)O[C@@H](C)C(=O)N(C)c2ccccc2)c1. The van der Waals surface area contributed by atoms with E-state index in [1.807, 2.05) is 18.2 Å². The Morgan fingerprint density at radius 3 is 2.04 bits per heavy atom. The molecule has 0 radical (unpaired) electrons. The van der Waals surface area contributed by atoms with E-state index in [4.69, 9.17) is 14.2 Å². The van der Waals surface area contributed by atoms with Crippen molar-refractivity contribution in [2.75, 3.05) is 26.2 Å². The van der Waals surface area contributed by atoms with Gasteiger partial charge in [-0.25, -0.2) is 4.79 Å². The van der Waals surface area contributed by atoms with E-state index in [0.29, 0.717) is 11.5 Å². The van der Waals surface area contributed by atoms with Crippen LogP contribution in [0.5, 0.6) is 11.5 Å². The fourth-order valence-corrected chi connectivity index (χ4v) is 2.26. The van der Waals surface area contributed by atoms with Gasteiger partial charge >= 0.3 is 5.97 Å². The molecule has 2 aromatic carbocycles. The van der Waals surface area contributed by atoms with Gasteiger partial charge in [-0.05, 0) is 31.2 Å². The van der Waals surface area contributed by atoms with Crippen LogP contribution in [0.25, 0.3) is 0 Å². The summed E-state index contributed by atoms with van der Waals surface area (Å²) in [7, 11) is 4.62. The molecule has 0 saturated carbocycles. The van der Waals surface area contributed by atoms with E-state index < -0.39 is 12.1 Å². The van der Waals surface area contributed by atoms with E-state index in [9.17, 15) is 9.59 Å². The van der Waals surface area contributed by atoms with Gasteiger partial charge in [0, 0.05) is 18.8 Å². The first kappa shape index (κ1) is 18.3. The average molecular weight is 343 g/mol. The summed E-state index contributed by atoms with van der Waals surface area (Å²) in [6.07, 6.45) is -0.935. The number of hydrogen-bond donors (Lipinski definition) is 0. The highest BCUT2D eigenvalue weighted by atomic mass is 16.5. The number of likely N-dealkylation sites (N-methyl/N-ethyl adjacent to an activating group) is 1. The number of esters is 1. The van der Waals surface area contributed by atoms with Gasteiger partial charge in [-0.3, -0.25) is 4.79 Å². The van der Waals surface area contributed by atoms with Crippen molar-refractivity contribution in [3.05, 3.63) is 54.1 Å². The van der Waals surface area contributed by atoms with Crippen LogP contribution in [0, 0.1) is 0 Å². The van der Waals surface area contributed by atoms with Crippen LogP contribution in [0.15, 0.2) is 48.5 Å². The van der Waals surface area contributed by atoms with Crippen molar-refractivity contribution < 1.29 is 23.8 Å². The van der Waals surface area contributed by atoms with E-state index in [1.165, 1.54) is 38.2 Å². The van der Waals surface area contributed by atoms with Crippen molar-refractivity contribution >= 4 is 17.6 Å². The van der Waals surface area contributed by atoms with E-state index in [2.05, 4.69) is 0 Å². The Morgan fingerprint density at radius 2 is 1.52 bits per heavy atom. The molecule has 0 bridgehead atoms. The molecule has 0 heterocycles. The molecule has 0 N–H and O–H groups in total. The van der Waals surface area contributed by atoms with Crippen LogP contribution >= 0.6 is 0 Å². The van der Waals surface area contributed by atoms with Gasteiger partial charge in [0.05, 0.1) is 19.8 Å². The number of ether oxygens (including phenoxy) is 3. The van der Waals surface area contributed by atoms with Gasteiger partial charge in [0.25, 0.3) is 5.91 Å². The maximum atomic E-state index is 12.5. The lowest BCUT2D eigenvalue weighted by molar-refractivity contribution is -0.126. The first-order chi connectivity index (χ1) is 12.0. The molecular formula is C19H21NO5. The first-order valence-corrected chi connectivity index (χ1v) is 7.73. The standard InChI is InChI=1S/C19H21NO5/c1-13(18(21)20(2)15-8-6-5-7-9-15)25-19(22)14-10-16(23-3)12-17(11-14)24-4/h5-13H,1-4H3/t13-/m0/s1. The molecule has 0 aliphatic heterocycles. The summed E-state index contributed by atoms with van der Waals surface area (Å²) in [4.78, 5) is 26.3. The van der Waals surface area contributed by atoms with Crippen LogP contribution in [-0.4, -0.2) is 39.2 Å². The van der Waals surface area contributed by atoms with Crippen LogP contribution in [0.1, 0.15) is 17.3 Å². The molecule has 0 fully saturated rings. The summed E-state index contributed by atoms with van der Waals surface area (Å²) in [6.45, 7) is 1.54. The number of carbonyl (C=O) groups excluding carboxylic acids is 2. The molecule has 1 amide bonds. The molecular weight excluding hydrogens is 322 g/mol. The first-order valence-electron chi connectivity index (χ1n) is 7.73. The molecule has 0 aromatic heterocycles. The number of carbonyl (C=O) groups is 2. The number of anilines is 1. The molecule has 2 aromatic rings. The van der Waals surface area contributed by atoms with Gasteiger partial charge in [0.15, 0.2) is 6.10 Å². The van der Waals surface area contributed by atoms with E-state index in [-0.39, 0.29) is 11.5 Å². The Balaban J connectivity index is 2.10. The lowest BCUT2D eigenvalue weighted by Gasteiger charge is -2.21. The molecule has 2 rings (SSSR count). The summed E-state index contributed by atoms with van der Waals surface area (Å²) < 4.78 is 15.6. The zero-order valence-electron chi connectivity index (χ0n) is 14.7. The summed E-state index contributed by atoms with van der Waals surface area (Å²) in [5.74, 6) is -0.0210. The van der Waals surface area contributed by atoms with Crippen LogP contribution in [0.4, 0.5) is 5.69 Å². The van der Waals surface area contributed by atoms with Gasteiger partial charge in [0.1, 0.15) is 11.5 Å². The summed E-state index contributed by atoms with van der Waals surface area (Å²) in [6, 6.07) is 13.8. The molecule has 0 unspecified atom stereocenters. The fraction of sp³-hybridized carbons (Fsp3) is 0.263. The van der Waals surface area contributed by atoms with E-state index in [1.54, 1.807) is 25.2 Å². The zero-order chi connectivity index (χ0) is 18.4. The largest absolute Gasteiger partial charge is 0.497 e. The molecule has 25 heavy (non-hydrogen) atoms. The molecule has 132 valence electrons. The number of benzene rings is 2. The fourth-order valence-electron chi connectivity index (χ4n) is 2.26. The minimum atomic E-state index is -0.935. The third-order valence-corrected chi connectivity index (χ3v) is 3.69. The average Bonchev–Trinajstić information content (AvgIpc) is 2.66. The van der Waals surface area contributed by atoms with E-state index in [0.717, 1.165) is 5.69 Å². The highest BCUT2D eigenvalue weighted by molar-refractivity contribution is 5.98. The second-order valence-corrected chi connectivity index (χ2v) is 5.38. The van der Waals surface area contributed by atoms with Crippen molar-refractivity contribution in [1.29, 1.82) is 0 Å². The Morgan fingerprint density at radius 1 is 0.960 bits per heavy atom. The lowest BCUT2D eigenvalue weighted by atomic mass is 10.2. The number of hydrogen-bond acceptors (Lipinski definition) is 5. The van der Waals surface area contributed by atoms with Gasteiger partial charge in [-0.15, -0.1) is 0 Å². The molecule has 1 atom stereocenters. The highest BCUT2D eigenvalue weighted by Crippen LogP contribution is 2.23. The summed E-state index contributed by atoms with van der Waals surface area (Å²) >= 11 is 0. The molecule has 6 nitrogen and oxygen atoms in total. The molecule has 0 aliphatic carbocycles. The minimum Gasteiger partial charge on any atom is -0.497 e. The van der Waals surface area contributed by atoms with Crippen LogP contribution < -0.4 is 14.4 Å². The number of methoxy groups -OCH3 is 2. The van der Waals surface area contributed by atoms with Gasteiger partial charge in [0.2, 0.25) is 0 Å². The number of amides is 1. The van der Waals surface area contributed by atoms with Crippen LogP contribution in [-0.2, 0) is 9.53 Å². The van der Waals surface area contributed by atoms with Crippen molar-refractivity contribution in [3.8, 4) is 11.5 Å². The summed E-state index contributed by atoms with van der Waals surface area (Å²) in [5, 5.41) is 0. The maximum Gasteiger partial charge on any atom is 0.339 e.